The molecule has 0 saturated heterocycles. The molecule has 10 heteroatoms. The van der Waals surface area contributed by atoms with E-state index in [9.17, 15) is 13.2 Å². The number of methoxy groups -OCH3 is 1. The lowest BCUT2D eigenvalue weighted by Gasteiger charge is -2.21. The molecule has 0 aliphatic carbocycles. The fourth-order valence-corrected chi connectivity index (χ4v) is 4.09. The molecule has 0 aliphatic heterocycles. The Balaban J connectivity index is 1.65. The molecular formula is C26H29N3O6S. The number of carbonyl (C=O) groups excluding carboxylic acids is 1. The summed E-state index contributed by atoms with van der Waals surface area (Å²) < 4.78 is 42.3. The van der Waals surface area contributed by atoms with Crippen LogP contribution in [0.15, 0.2) is 77.9 Å². The number of hydrazone groups is 1. The van der Waals surface area contributed by atoms with E-state index in [1.165, 1.54) is 19.4 Å². The van der Waals surface area contributed by atoms with Crippen molar-refractivity contribution in [2.75, 3.05) is 30.8 Å². The van der Waals surface area contributed by atoms with Gasteiger partial charge in [-0.2, -0.15) is 5.10 Å². The van der Waals surface area contributed by atoms with E-state index in [-0.39, 0.29) is 0 Å². The molecule has 0 spiro atoms. The van der Waals surface area contributed by atoms with E-state index < -0.39 is 22.5 Å². The van der Waals surface area contributed by atoms with Crippen LogP contribution in [0.4, 0.5) is 5.69 Å². The third-order valence-corrected chi connectivity index (χ3v) is 6.08. The predicted octanol–water partition coefficient (Wildman–Crippen LogP) is 3.59. The minimum atomic E-state index is -3.72. The summed E-state index contributed by atoms with van der Waals surface area (Å²) in [6, 6.07) is 21.5. The Morgan fingerprint density at radius 3 is 2.47 bits per heavy atom. The van der Waals surface area contributed by atoms with Crippen molar-refractivity contribution >= 4 is 27.8 Å². The van der Waals surface area contributed by atoms with E-state index in [0.717, 1.165) is 16.1 Å². The van der Waals surface area contributed by atoms with E-state index in [2.05, 4.69) is 10.5 Å². The number of nitrogens with one attached hydrogen (secondary N) is 1. The number of sulfonamides is 1. The Labute approximate surface area is 211 Å². The molecule has 3 rings (SSSR count). The first-order chi connectivity index (χ1) is 17.3. The first-order valence-corrected chi connectivity index (χ1v) is 13.0. The molecule has 9 nitrogen and oxygen atoms in total. The summed E-state index contributed by atoms with van der Waals surface area (Å²) in [6.45, 7) is 2.27. The summed E-state index contributed by atoms with van der Waals surface area (Å²) in [5.41, 5.74) is 4.37. The molecule has 1 amide bonds. The number of anilines is 1. The summed E-state index contributed by atoms with van der Waals surface area (Å²) in [6.07, 6.45) is 2.47. The molecule has 0 bridgehead atoms. The molecular weight excluding hydrogens is 482 g/mol. The van der Waals surface area contributed by atoms with Crippen LogP contribution in [-0.2, 0) is 21.4 Å². The minimum absolute atomic E-state index is 0.309. The maximum absolute atomic E-state index is 12.5. The highest BCUT2D eigenvalue weighted by Crippen LogP contribution is 2.29. The van der Waals surface area contributed by atoms with E-state index in [4.69, 9.17) is 14.2 Å². The first kappa shape index (κ1) is 26.6. The Kier molecular flexibility index (Phi) is 9.29. The van der Waals surface area contributed by atoms with Gasteiger partial charge in [0.25, 0.3) is 5.91 Å². The summed E-state index contributed by atoms with van der Waals surface area (Å²) in [7, 11) is -2.25. The van der Waals surface area contributed by atoms with Gasteiger partial charge < -0.3 is 14.2 Å². The van der Waals surface area contributed by atoms with Crippen LogP contribution in [0.25, 0.3) is 0 Å². The summed E-state index contributed by atoms with van der Waals surface area (Å²) in [4.78, 5) is 12.5. The van der Waals surface area contributed by atoms with E-state index in [0.29, 0.717) is 41.7 Å². The average molecular weight is 512 g/mol. The van der Waals surface area contributed by atoms with Gasteiger partial charge in [-0.1, -0.05) is 36.4 Å². The molecule has 0 heterocycles. The summed E-state index contributed by atoms with van der Waals surface area (Å²) in [5.74, 6) is 1.00. The molecule has 0 atom stereocenters. The molecule has 0 aliphatic rings. The van der Waals surface area contributed by atoms with Gasteiger partial charge in [-0.25, -0.2) is 13.8 Å². The molecule has 0 fully saturated rings. The highest BCUT2D eigenvalue weighted by Gasteiger charge is 2.21. The molecule has 36 heavy (non-hydrogen) atoms. The van der Waals surface area contributed by atoms with Crippen LogP contribution in [0.1, 0.15) is 18.1 Å². The zero-order chi connectivity index (χ0) is 26.0. The lowest BCUT2D eigenvalue weighted by molar-refractivity contribution is -0.119. The van der Waals surface area contributed by atoms with Crippen molar-refractivity contribution in [3.63, 3.8) is 0 Å². The largest absolute Gasteiger partial charge is 0.497 e. The van der Waals surface area contributed by atoms with Gasteiger partial charge in [-0.05, 0) is 48.4 Å². The number of hydrogen-bond donors (Lipinski definition) is 1. The zero-order valence-electron chi connectivity index (χ0n) is 20.4. The SMILES string of the molecule is CCOc1cc(/C=N\NC(=O)CN(c2cccc(OC)c2)S(C)(=O)=O)ccc1OCc1ccccc1. The zero-order valence-corrected chi connectivity index (χ0v) is 21.2. The van der Waals surface area contributed by atoms with E-state index in [1.807, 2.05) is 37.3 Å². The maximum Gasteiger partial charge on any atom is 0.260 e. The van der Waals surface area contributed by atoms with Crippen LogP contribution in [0.2, 0.25) is 0 Å². The molecule has 3 aromatic rings. The molecule has 0 aromatic heterocycles. The van der Waals surface area contributed by atoms with Gasteiger partial charge in [0.15, 0.2) is 11.5 Å². The topological polar surface area (TPSA) is 107 Å². The molecule has 190 valence electrons. The van der Waals surface area contributed by atoms with Crippen molar-refractivity contribution in [1.82, 2.24) is 5.43 Å². The second-order valence-electron chi connectivity index (χ2n) is 7.68. The van der Waals surface area contributed by atoms with Crippen LogP contribution in [-0.4, -0.2) is 47.1 Å². The third kappa shape index (κ3) is 7.74. The fraction of sp³-hybridized carbons (Fsp3) is 0.231. The van der Waals surface area contributed by atoms with Gasteiger partial charge in [0.2, 0.25) is 10.0 Å². The quantitative estimate of drug-likeness (QED) is 0.294. The number of hydrogen-bond acceptors (Lipinski definition) is 7. The van der Waals surface area contributed by atoms with Crippen molar-refractivity contribution in [2.45, 2.75) is 13.5 Å². The standard InChI is InChI=1S/C26H29N3O6S/c1-4-34-25-15-21(13-14-24(25)35-19-20-9-6-5-7-10-20)17-27-28-26(30)18-29(36(3,31)32)22-11-8-12-23(16-22)33-2/h5-17H,4,18-19H2,1-3H3,(H,28,30)/b27-17-. The first-order valence-electron chi connectivity index (χ1n) is 11.2. The number of nitrogens with zero attached hydrogens (tertiary/aromatic N) is 2. The second kappa shape index (κ2) is 12.6. The van der Waals surface area contributed by atoms with E-state index in [1.54, 1.807) is 36.4 Å². The van der Waals surface area contributed by atoms with Gasteiger partial charge >= 0.3 is 0 Å². The van der Waals surface area contributed by atoms with Gasteiger partial charge in [0, 0.05) is 6.07 Å². The number of rotatable bonds is 12. The third-order valence-electron chi connectivity index (χ3n) is 4.94. The minimum Gasteiger partial charge on any atom is -0.497 e. The van der Waals surface area contributed by atoms with Gasteiger partial charge in [0.05, 0.1) is 31.9 Å². The highest BCUT2D eigenvalue weighted by atomic mass is 32.2. The normalized spacial score (nSPS) is 11.2. The van der Waals surface area contributed by atoms with Crippen molar-refractivity contribution in [2.24, 2.45) is 5.10 Å². The smallest absolute Gasteiger partial charge is 0.260 e. The van der Waals surface area contributed by atoms with Gasteiger partial charge in [-0.15, -0.1) is 0 Å². The maximum atomic E-state index is 12.5. The molecule has 0 saturated carbocycles. The van der Waals surface area contributed by atoms with Crippen LogP contribution in [0.3, 0.4) is 0 Å². The second-order valence-corrected chi connectivity index (χ2v) is 9.58. The van der Waals surface area contributed by atoms with Crippen molar-refractivity contribution in [3.8, 4) is 17.2 Å². The van der Waals surface area contributed by atoms with Crippen molar-refractivity contribution in [3.05, 3.63) is 83.9 Å². The van der Waals surface area contributed by atoms with E-state index >= 15 is 0 Å². The Morgan fingerprint density at radius 1 is 1.00 bits per heavy atom. The van der Waals surface area contributed by atoms with Crippen LogP contribution >= 0.6 is 0 Å². The van der Waals surface area contributed by atoms with Crippen molar-refractivity contribution < 1.29 is 27.4 Å². The molecule has 3 aromatic carbocycles. The number of amides is 1. The summed E-state index contributed by atoms with van der Waals surface area (Å²) >= 11 is 0. The predicted molar refractivity (Wildman–Crippen MR) is 139 cm³/mol. The molecule has 0 radical (unpaired) electrons. The fourth-order valence-electron chi connectivity index (χ4n) is 3.24. The lowest BCUT2D eigenvalue weighted by atomic mass is 10.2. The Bertz CT molecular complexity index is 1300. The number of benzene rings is 3. The van der Waals surface area contributed by atoms with Crippen LogP contribution in [0.5, 0.6) is 17.2 Å². The van der Waals surface area contributed by atoms with Gasteiger partial charge in [-0.3, -0.25) is 9.10 Å². The highest BCUT2D eigenvalue weighted by molar-refractivity contribution is 7.92. The number of carbonyl (C=O) groups is 1. The Morgan fingerprint density at radius 2 is 1.78 bits per heavy atom. The summed E-state index contributed by atoms with van der Waals surface area (Å²) in [5, 5.41) is 3.96. The monoisotopic (exact) mass is 511 g/mol. The molecule has 1 N–H and O–H groups in total. The average Bonchev–Trinajstić information content (AvgIpc) is 2.87. The van der Waals surface area contributed by atoms with Gasteiger partial charge in [0.1, 0.15) is 18.9 Å². The van der Waals surface area contributed by atoms with Crippen LogP contribution in [0, 0.1) is 0 Å². The number of ether oxygens (including phenoxy) is 3. The molecule has 0 unspecified atom stereocenters. The van der Waals surface area contributed by atoms with Crippen LogP contribution < -0.4 is 23.9 Å². The van der Waals surface area contributed by atoms with Crippen molar-refractivity contribution in [1.29, 1.82) is 0 Å². The Hall–Kier alpha value is -4.05. The lowest BCUT2D eigenvalue weighted by Crippen LogP contribution is -2.39.